The Balaban J connectivity index is 1.58. The van der Waals surface area contributed by atoms with Crippen molar-refractivity contribution in [2.45, 2.75) is 25.2 Å². The molecule has 0 radical (unpaired) electrons. The molecule has 1 aliphatic rings. The lowest BCUT2D eigenvalue weighted by atomic mass is 9.76. The van der Waals surface area contributed by atoms with Gasteiger partial charge >= 0.3 is 6.09 Å². The van der Waals surface area contributed by atoms with Crippen LogP contribution in [-0.2, 0) is 6.42 Å². The topological polar surface area (TPSA) is 49.3 Å². The fourth-order valence-electron chi connectivity index (χ4n) is 5.56. The average Bonchev–Trinajstić information content (AvgIpc) is 2.83. The molecule has 3 heteroatoms. The summed E-state index contributed by atoms with van der Waals surface area (Å²) in [6.07, 6.45) is 2.13. The summed E-state index contributed by atoms with van der Waals surface area (Å²) in [6, 6.07) is 29.7. The first-order valence-electron chi connectivity index (χ1n) is 11.2. The molecule has 0 heterocycles. The Bertz CT molecular complexity index is 1520. The van der Waals surface area contributed by atoms with Crippen LogP contribution in [0.5, 0.6) is 0 Å². The highest BCUT2D eigenvalue weighted by atomic mass is 16.4. The standard InChI is InChI=1S/C29H23NO2/c31-29(32)30-28-21-9-4-2-7-19(21)13-15-27(28)23-11-5-10-22-25-14-12-18-6-1-3-8-20(18)24(25)16-17-26(22)23/h1-4,6-9,12-17,23,30H,5,10-11H2,(H,31,32). The maximum absolute atomic E-state index is 11.7. The lowest BCUT2D eigenvalue weighted by Gasteiger charge is -2.29. The van der Waals surface area contributed by atoms with Crippen molar-refractivity contribution in [2.24, 2.45) is 0 Å². The highest BCUT2D eigenvalue weighted by molar-refractivity contribution is 6.09. The second-order valence-corrected chi connectivity index (χ2v) is 8.64. The van der Waals surface area contributed by atoms with Crippen LogP contribution in [0, 0.1) is 0 Å². The Morgan fingerprint density at radius 3 is 2.19 bits per heavy atom. The van der Waals surface area contributed by atoms with Gasteiger partial charge in [0.1, 0.15) is 0 Å². The summed E-state index contributed by atoms with van der Waals surface area (Å²) >= 11 is 0. The second-order valence-electron chi connectivity index (χ2n) is 8.64. The van der Waals surface area contributed by atoms with E-state index in [0.717, 1.165) is 35.6 Å². The number of fused-ring (bicyclic) bond motifs is 6. The Morgan fingerprint density at radius 1 is 0.719 bits per heavy atom. The molecule has 5 aromatic carbocycles. The third-order valence-electron chi connectivity index (χ3n) is 6.94. The van der Waals surface area contributed by atoms with E-state index in [4.69, 9.17) is 0 Å². The quantitative estimate of drug-likeness (QED) is 0.289. The van der Waals surface area contributed by atoms with Crippen molar-refractivity contribution < 1.29 is 9.90 Å². The van der Waals surface area contributed by atoms with Gasteiger partial charge in [-0.3, -0.25) is 5.32 Å². The SMILES string of the molecule is O=C(O)Nc1c(C2CCCc3c2ccc2c3ccc3ccccc32)ccc2ccccc12. The number of carbonyl (C=O) groups is 1. The summed E-state index contributed by atoms with van der Waals surface area (Å²) in [5, 5.41) is 19.5. The number of hydrogen-bond donors (Lipinski definition) is 2. The molecule has 3 nitrogen and oxygen atoms in total. The van der Waals surface area contributed by atoms with Crippen molar-refractivity contribution in [3.05, 3.63) is 102 Å². The van der Waals surface area contributed by atoms with E-state index < -0.39 is 6.09 Å². The molecule has 0 aromatic heterocycles. The zero-order valence-corrected chi connectivity index (χ0v) is 17.6. The van der Waals surface area contributed by atoms with E-state index in [1.807, 2.05) is 24.3 Å². The van der Waals surface area contributed by atoms with Gasteiger partial charge < -0.3 is 5.11 Å². The minimum absolute atomic E-state index is 0.168. The first-order valence-corrected chi connectivity index (χ1v) is 11.2. The van der Waals surface area contributed by atoms with Gasteiger partial charge in [0.25, 0.3) is 0 Å². The molecule has 0 saturated heterocycles. The molecule has 156 valence electrons. The third kappa shape index (κ3) is 2.93. The molecule has 1 aliphatic carbocycles. The van der Waals surface area contributed by atoms with Gasteiger partial charge in [-0.1, -0.05) is 84.9 Å². The number of amides is 1. The number of aryl methyl sites for hydroxylation is 1. The van der Waals surface area contributed by atoms with Crippen molar-refractivity contribution in [2.75, 3.05) is 5.32 Å². The van der Waals surface area contributed by atoms with Gasteiger partial charge in [-0.25, -0.2) is 4.79 Å². The van der Waals surface area contributed by atoms with Crippen molar-refractivity contribution in [1.82, 2.24) is 0 Å². The Labute approximate surface area is 186 Å². The van der Waals surface area contributed by atoms with Crippen LogP contribution in [0.4, 0.5) is 10.5 Å². The first-order chi connectivity index (χ1) is 15.7. The Hall–Kier alpha value is -3.85. The van der Waals surface area contributed by atoms with Gasteiger partial charge in [0.2, 0.25) is 0 Å². The van der Waals surface area contributed by atoms with Gasteiger partial charge in [0.15, 0.2) is 0 Å². The number of benzene rings is 5. The zero-order valence-electron chi connectivity index (χ0n) is 17.6. The van der Waals surface area contributed by atoms with Crippen LogP contribution < -0.4 is 5.32 Å². The van der Waals surface area contributed by atoms with E-state index in [1.54, 1.807) is 0 Å². The highest BCUT2D eigenvalue weighted by Gasteiger charge is 2.26. The van der Waals surface area contributed by atoms with Gasteiger partial charge in [-0.15, -0.1) is 0 Å². The molecule has 32 heavy (non-hydrogen) atoms. The molecule has 0 bridgehead atoms. The van der Waals surface area contributed by atoms with Crippen molar-refractivity contribution in [3.63, 3.8) is 0 Å². The second kappa shape index (κ2) is 7.38. The lowest BCUT2D eigenvalue weighted by Crippen LogP contribution is -2.16. The molecule has 0 saturated carbocycles. The maximum atomic E-state index is 11.7. The van der Waals surface area contributed by atoms with Crippen molar-refractivity contribution >= 4 is 44.1 Å². The minimum atomic E-state index is -1.02. The third-order valence-corrected chi connectivity index (χ3v) is 6.94. The van der Waals surface area contributed by atoms with Crippen LogP contribution in [0.2, 0.25) is 0 Å². The van der Waals surface area contributed by atoms with Crippen LogP contribution in [0.15, 0.2) is 84.9 Å². The normalized spacial score (nSPS) is 15.7. The highest BCUT2D eigenvalue weighted by Crippen LogP contribution is 2.44. The largest absolute Gasteiger partial charge is 0.465 e. The van der Waals surface area contributed by atoms with E-state index in [9.17, 15) is 9.90 Å². The molecule has 1 unspecified atom stereocenters. The van der Waals surface area contributed by atoms with Crippen LogP contribution in [0.1, 0.15) is 35.4 Å². The van der Waals surface area contributed by atoms with E-state index in [0.29, 0.717) is 5.69 Å². The van der Waals surface area contributed by atoms with Crippen LogP contribution in [0.3, 0.4) is 0 Å². The maximum Gasteiger partial charge on any atom is 0.409 e. The zero-order chi connectivity index (χ0) is 21.7. The molecular formula is C29H23NO2. The number of hydrogen-bond acceptors (Lipinski definition) is 1. The molecule has 0 aliphatic heterocycles. The lowest BCUT2D eigenvalue weighted by molar-refractivity contribution is 0.209. The smallest absolute Gasteiger partial charge is 0.409 e. The van der Waals surface area contributed by atoms with Gasteiger partial charge in [0.05, 0.1) is 5.69 Å². The monoisotopic (exact) mass is 417 g/mol. The van der Waals surface area contributed by atoms with Crippen molar-refractivity contribution in [3.8, 4) is 0 Å². The summed E-state index contributed by atoms with van der Waals surface area (Å²) in [4.78, 5) is 11.7. The van der Waals surface area contributed by atoms with E-state index in [1.165, 1.54) is 32.7 Å². The first kappa shape index (κ1) is 18.9. The molecule has 1 atom stereocenters. The molecule has 6 rings (SSSR count). The number of carboxylic acid groups (broad SMARTS) is 1. The minimum Gasteiger partial charge on any atom is -0.465 e. The van der Waals surface area contributed by atoms with Gasteiger partial charge in [-0.05, 0) is 62.9 Å². The fraction of sp³-hybridized carbons (Fsp3) is 0.138. The molecule has 1 amide bonds. The molecule has 2 N–H and O–H groups in total. The molecule has 0 spiro atoms. The summed E-state index contributed by atoms with van der Waals surface area (Å²) in [5.41, 5.74) is 4.50. The predicted molar refractivity (Wildman–Crippen MR) is 132 cm³/mol. The number of anilines is 1. The predicted octanol–water partition coefficient (Wildman–Crippen LogP) is 7.70. The van der Waals surface area contributed by atoms with Crippen LogP contribution in [0.25, 0.3) is 32.3 Å². The van der Waals surface area contributed by atoms with Crippen molar-refractivity contribution in [1.29, 1.82) is 0 Å². The number of nitrogens with one attached hydrogen (secondary N) is 1. The molecule has 0 fully saturated rings. The molecular weight excluding hydrogens is 394 g/mol. The average molecular weight is 418 g/mol. The van der Waals surface area contributed by atoms with E-state index in [2.05, 4.69) is 66.0 Å². The van der Waals surface area contributed by atoms with Crippen LogP contribution in [-0.4, -0.2) is 11.2 Å². The fourth-order valence-corrected chi connectivity index (χ4v) is 5.56. The number of rotatable bonds is 2. The Morgan fingerprint density at radius 2 is 1.38 bits per heavy atom. The van der Waals surface area contributed by atoms with Gasteiger partial charge in [0, 0.05) is 11.3 Å². The van der Waals surface area contributed by atoms with Crippen LogP contribution >= 0.6 is 0 Å². The summed E-state index contributed by atoms with van der Waals surface area (Å²) < 4.78 is 0. The summed E-state index contributed by atoms with van der Waals surface area (Å²) in [5.74, 6) is 0.168. The molecule has 5 aromatic rings. The Kier molecular flexibility index (Phi) is 4.36. The van der Waals surface area contributed by atoms with E-state index in [-0.39, 0.29) is 5.92 Å². The van der Waals surface area contributed by atoms with E-state index >= 15 is 0 Å². The summed E-state index contributed by atoms with van der Waals surface area (Å²) in [6.45, 7) is 0. The van der Waals surface area contributed by atoms with Gasteiger partial charge in [-0.2, -0.15) is 0 Å². The summed E-state index contributed by atoms with van der Waals surface area (Å²) in [7, 11) is 0.